The van der Waals surface area contributed by atoms with Crippen LogP contribution < -0.4 is 9.64 Å². The lowest BCUT2D eigenvalue weighted by atomic mass is 10.1. The summed E-state index contributed by atoms with van der Waals surface area (Å²) >= 11 is 0. The highest BCUT2D eigenvalue weighted by atomic mass is 16.5. The van der Waals surface area contributed by atoms with Gasteiger partial charge in [0.05, 0.1) is 24.6 Å². The zero-order chi connectivity index (χ0) is 14.7. The minimum atomic E-state index is -0.00418. The van der Waals surface area contributed by atoms with Gasteiger partial charge in [-0.1, -0.05) is 6.07 Å². The van der Waals surface area contributed by atoms with Gasteiger partial charge in [0, 0.05) is 32.4 Å². The molecular formula is C15H19N3O2. The summed E-state index contributed by atoms with van der Waals surface area (Å²) in [5.74, 6) is 0.600. The van der Waals surface area contributed by atoms with Crippen LogP contribution in [-0.4, -0.2) is 29.7 Å². The summed E-state index contributed by atoms with van der Waals surface area (Å²) in [6.45, 7) is 2.24. The van der Waals surface area contributed by atoms with Crippen LogP contribution in [0.3, 0.4) is 0 Å². The molecule has 0 N–H and O–H groups in total. The van der Waals surface area contributed by atoms with Gasteiger partial charge in [0.2, 0.25) is 0 Å². The number of benzene rings is 1. The molecule has 0 unspecified atom stereocenters. The Hall–Kier alpha value is -2.30. The molecule has 1 aromatic carbocycles. The maximum atomic E-state index is 11.9. The Morgan fingerprint density at radius 2 is 2.20 bits per heavy atom. The van der Waals surface area contributed by atoms with Crippen LogP contribution in [-0.2, 0) is 13.6 Å². The van der Waals surface area contributed by atoms with Gasteiger partial charge in [0.25, 0.3) is 0 Å². The first-order chi connectivity index (χ1) is 9.52. The third-order valence-electron chi connectivity index (χ3n) is 3.17. The summed E-state index contributed by atoms with van der Waals surface area (Å²) in [5.41, 5.74) is 2.56. The fourth-order valence-corrected chi connectivity index (χ4v) is 2.27. The maximum absolute atomic E-state index is 11.9. The van der Waals surface area contributed by atoms with Crippen LogP contribution in [0.25, 0.3) is 0 Å². The summed E-state index contributed by atoms with van der Waals surface area (Å²) < 4.78 is 7.05. The number of ketones is 1. The van der Waals surface area contributed by atoms with Crippen LogP contribution in [0.4, 0.5) is 5.69 Å². The summed E-state index contributed by atoms with van der Waals surface area (Å²) in [6, 6.07) is 5.62. The number of methoxy groups -OCH3 is 1. The van der Waals surface area contributed by atoms with E-state index in [4.69, 9.17) is 4.74 Å². The monoisotopic (exact) mass is 273 g/mol. The van der Waals surface area contributed by atoms with E-state index in [1.807, 2.05) is 43.5 Å². The van der Waals surface area contributed by atoms with E-state index in [1.165, 1.54) is 0 Å². The van der Waals surface area contributed by atoms with Crippen molar-refractivity contribution in [3.8, 4) is 5.75 Å². The third kappa shape index (κ3) is 2.82. The number of ether oxygens (including phenoxy) is 1. The number of rotatable bonds is 5. The predicted molar refractivity (Wildman–Crippen MR) is 78.3 cm³/mol. The largest absolute Gasteiger partial charge is 0.496 e. The molecule has 0 fully saturated rings. The lowest BCUT2D eigenvalue weighted by Gasteiger charge is -2.22. The molecule has 1 heterocycles. The molecule has 0 spiro atoms. The van der Waals surface area contributed by atoms with E-state index in [-0.39, 0.29) is 5.78 Å². The minimum absolute atomic E-state index is 0.00418. The first kappa shape index (κ1) is 14.1. The van der Waals surface area contributed by atoms with Gasteiger partial charge in [-0.2, -0.15) is 5.10 Å². The Bertz CT molecular complexity index is 619. The number of nitrogens with zero attached hydrogens (tertiary/aromatic N) is 3. The lowest BCUT2D eigenvalue weighted by molar-refractivity contribution is 0.101. The first-order valence-electron chi connectivity index (χ1n) is 6.39. The molecular weight excluding hydrogens is 254 g/mol. The number of hydrogen-bond donors (Lipinski definition) is 0. The summed E-state index contributed by atoms with van der Waals surface area (Å²) in [4.78, 5) is 13.9. The van der Waals surface area contributed by atoms with Gasteiger partial charge in [-0.25, -0.2) is 0 Å². The molecule has 0 aliphatic rings. The maximum Gasteiger partial charge on any atom is 0.165 e. The Kier molecular flexibility index (Phi) is 4.08. The first-order valence-corrected chi connectivity index (χ1v) is 6.39. The number of Topliss-reactive ketones (excluding diaryl/α,β-unsaturated/α-hetero) is 1. The molecule has 2 aromatic rings. The van der Waals surface area contributed by atoms with E-state index in [0.29, 0.717) is 17.9 Å². The van der Waals surface area contributed by atoms with Crippen LogP contribution in [0.5, 0.6) is 5.75 Å². The summed E-state index contributed by atoms with van der Waals surface area (Å²) in [5, 5.41) is 4.15. The van der Waals surface area contributed by atoms with E-state index in [2.05, 4.69) is 5.10 Å². The average Bonchev–Trinajstić information content (AvgIpc) is 2.82. The number of carbonyl (C=O) groups excluding carboxylic acids is 1. The van der Waals surface area contributed by atoms with E-state index in [0.717, 1.165) is 11.3 Å². The van der Waals surface area contributed by atoms with Crippen molar-refractivity contribution in [2.24, 2.45) is 7.05 Å². The summed E-state index contributed by atoms with van der Waals surface area (Å²) in [6.07, 6.45) is 3.79. The second-order valence-electron chi connectivity index (χ2n) is 4.79. The van der Waals surface area contributed by atoms with Crippen LogP contribution in [0, 0.1) is 0 Å². The van der Waals surface area contributed by atoms with E-state index >= 15 is 0 Å². The molecule has 5 nitrogen and oxygen atoms in total. The van der Waals surface area contributed by atoms with Gasteiger partial charge >= 0.3 is 0 Å². The average molecular weight is 273 g/mol. The van der Waals surface area contributed by atoms with Crippen LogP contribution in [0.1, 0.15) is 22.8 Å². The van der Waals surface area contributed by atoms with E-state index in [9.17, 15) is 4.79 Å². The van der Waals surface area contributed by atoms with Gasteiger partial charge < -0.3 is 9.64 Å². The highest BCUT2D eigenvalue weighted by Crippen LogP contribution is 2.29. The smallest absolute Gasteiger partial charge is 0.165 e. The topological polar surface area (TPSA) is 47.4 Å². The molecule has 106 valence electrons. The fourth-order valence-electron chi connectivity index (χ4n) is 2.27. The standard InChI is InChI=1S/C15H19N3O2/c1-11(19)15-13(6-5-7-14(15)20-4)17(2)9-12-8-16-18(3)10-12/h5-8,10H,9H2,1-4H3. The van der Waals surface area contributed by atoms with E-state index < -0.39 is 0 Å². The number of anilines is 1. The number of hydrogen-bond acceptors (Lipinski definition) is 4. The minimum Gasteiger partial charge on any atom is -0.496 e. The van der Waals surface area contributed by atoms with Crippen LogP contribution in [0.2, 0.25) is 0 Å². The van der Waals surface area contributed by atoms with Crippen molar-refractivity contribution >= 4 is 11.5 Å². The van der Waals surface area contributed by atoms with Gasteiger partial charge in [-0.3, -0.25) is 9.48 Å². The Balaban J connectivity index is 2.34. The molecule has 0 radical (unpaired) electrons. The Labute approximate surface area is 118 Å². The molecule has 0 atom stereocenters. The van der Waals surface area contributed by atoms with Crippen molar-refractivity contribution in [3.63, 3.8) is 0 Å². The van der Waals surface area contributed by atoms with Gasteiger partial charge in [-0.15, -0.1) is 0 Å². The van der Waals surface area contributed by atoms with Crippen LogP contribution >= 0.6 is 0 Å². The van der Waals surface area contributed by atoms with Gasteiger partial charge in [0.15, 0.2) is 5.78 Å². The van der Waals surface area contributed by atoms with Crippen molar-refractivity contribution in [1.82, 2.24) is 9.78 Å². The highest BCUT2D eigenvalue weighted by Gasteiger charge is 2.16. The molecule has 2 rings (SSSR count). The van der Waals surface area contributed by atoms with Crippen molar-refractivity contribution in [2.75, 3.05) is 19.1 Å². The lowest BCUT2D eigenvalue weighted by Crippen LogP contribution is -2.19. The molecule has 0 saturated carbocycles. The second-order valence-corrected chi connectivity index (χ2v) is 4.79. The van der Waals surface area contributed by atoms with Gasteiger partial charge in [0.1, 0.15) is 5.75 Å². The normalized spacial score (nSPS) is 10.4. The molecule has 0 saturated heterocycles. The van der Waals surface area contributed by atoms with Gasteiger partial charge in [-0.05, 0) is 19.1 Å². The van der Waals surface area contributed by atoms with E-state index in [1.54, 1.807) is 24.8 Å². The van der Waals surface area contributed by atoms with Crippen molar-refractivity contribution in [1.29, 1.82) is 0 Å². The predicted octanol–water partition coefficient (Wildman–Crippen LogP) is 2.27. The Morgan fingerprint density at radius 3 is 2.75 bits per heavy atom. The van der Waals surface area contributed by atoms with Crippen molar-refractivity contribution in [3.05, 3.63) is 41.7 Å². The number of carbonyl (C=O) groups is 1. The van der Waals surface area contributed by atoms with Crippen molar-refractivity contribution in [2.45, 2.75) is 13.5 Å². The molecule has 5 heteroatoms. The molecule has 0 aliphatic carbocycles. The number of aryl methyl sites for hydroxylation is 1. The second kappa shape index (κ2) is 5.77. The molecule has 0 bridgehead atoms. The Morgan fingerprint density at radius 1 is 1.45 bits per heavy atom. The third-order valence-corrected chi connectivity index (χ3v) is 3.17. The molecule has 1 aromatic heterocycles. The number of aromatic nitrogens is 2. The fraction of sp³-hybridized carbons (Fsp3) is 0.333. The zero-order valence-corrected chi connectivity index (χ0v) is 12.3. The molecule has 0 aliphatic heterocycles. The highest BCUT2D eigenvalue weighted by molar-refractivity contribution is 6.02. The summed E-state index contributed by atoms with van der Waals surface area (Å²) in [7, 11) is 5.41. The van der Waals surface area contributed by atoms with Crippen LogP contribution in [0.15, 0.2) is 30.6 Å². The zero-order valence-electron chi connectivity index (χ0n) is 12.3. The molecule has 20 heavy (non-hydrogen) atoms. The SMILES string of the molecule is COc1cccc(N(C)Cc2cnn(C)c2)c1C(C)=O. The van der Waals surface area contributed by atoms with Crippen molar-refractivity contribution < 1.29 is 9.53 Å². The molecule has 0 amide bonds. The quantitative estimate of drug-likeness (QED) is 0.784.